The number of carbonyl (C=O) groups excluding carboxylic acids is 3. The molecule has 0 spiro atoms. The highest BCUT2D eigenvalue weighted by atomic mass is 16.5. The summed E-state index contributed by atoms with van der Waals surface area (Å²) in [5, 5.41) is 5.85. The molecule has 3 unspecified atom stereocenters. The van der Waals surface area contributed by atoms with E-state index in [1.807, 2.05) is 133 Å². The summed E-state index contributed by atoms with van der Waals surface area (Å²) in [6.07, 6.45) is 1.83. The van der Waals surface area contributed by atoms with Gasteiger partial charge in [-0.3, -0.25) is 14.4 Å². The fraction of sp³-hybridized carbons (Fsp3) is 0.447. The minimum atomic E-state index is -0.563. The van der Waals surface area contributed by atoms with Crippen LogP contribution in [0, 0.1) is 0 Å². The van der Waals surface area contributed by atoms with Gasteiger partial charge in [-0.2, -0.15) is 0 Å². The van der Waals surface area contributed by atoms with E-state index in [9.17, 15) is 14.4 Å². The molecule has 4 N–H and O–H groups in total. The normalized spacial score (nSPS) is 11.0. The largest absolute Gasteiger partial charge is 0.468 e. The van der Waals surface area contributed by atoms with Crippen molar-refractivity contribution in [2.45, 2.75) is 78.9 Å². The Hall–Kier alpha value is -4.05. The molecule has 0 aliphatic rings. The van der Waals surface area contributed by atoms with E-state index in [0.717, 1.165) is 16.7 Å². The number of nitrogens with two attached hydrogens (primary N) is 1. The van der Waals surface area contributed by atoms with E-state index in [1.165, 1.54) is 21.3 Å². The second-order valence-electron chi connectivity index (χ2n) is 8.93. The molecule has 0 aliphatic heterocycles. The van der Waals surface area contributed by atoms with Gasteiger partial charge < -0.3 is 30.6 Å². The number of likely N-dealkylation sites (N-methyl/N-ethyl adjacent to an activating group) is 2. The van der Waals surface area contributed by atoms with E-state index in [1.54, 1.807) is 14.1 Å². The van der Waals surface area contributed by atoms with Crippen molar-refractivity contribution in [3.05, 3.63) is 108 Å². The first-order valence-electron chi connectivity index (χ1n) is 16.2. The molecule has 0 radical (unpaired) electrons. The summed E-state index contributed by atoms with van der Waals surface area (Å²) in [7, 11) is 7.65. The molecule has 3 rings (SSSR count). The molecule has 0 saturated heterocycles. The van der Waals surface area contributed by atoms with Crippen molar-refractivity contribution in [1.29, 1.82) is 0 Å². The average molecular weight is 656 g/mol. The van der Waals surface area contributed by atoms with Crippen LogP contribution in [0.25, 0.3) is 0 Å². The highest BCUT2D eigenvalue weighted by Gasteiger charge is 2.17. The minimum Gasteiger partial charge on any atom is -0.468 e. The quantitative estimate of drug-likeness (QED) is 0.174. The van der Waals surface area contributed by atoms with Crippen molar-refractivity contribution in [2.24, 2.45) is 5.73 Å². The van der Waals surface area contributed by atoms with Crippen LogP contribution in [0.5, 0.6) is 0 Å². The van der Waals surface area contributed by atoms with Crippen molar-refractivity contribution in [1.82, 2.24) is 10.6 Å². The molecular formula is C38H61N3O6. The van der Waals surface area contributed by atoms with E-state index in [0.29, 0.717) is 19.3 Å². The third kappa shape index (κ3) is 23.0. The van der Waals surface area contributed by atoms with Gasteiger partial charge >= 0.3 is 17.9 Å². The van der Waals surface area contributed by atoms with Crippen LogP contribution in [0.2, 0.25) is 0 Å². The summed E-state index contributed by atoms with van der Waals surface area (Å²) < 4.78 is 13.9. The lowest BCUT2D eigenvalue weighted by Gasteiger charge is -2.13. The maximum absolute atomic E-state index is 11.3. The van der Waals surface area contributed by atoms with Crippen molar-refractivity contribution < 1.29 is 28.6 Å². The van der Waals surface area contributed by atoms with E-state index >= 15 is 0 Å². The predicted molar refractivity (Wildman–Crippen MR) is 194 cm³/mol. The topological polar surface area (TPSA) is 129 Å². The van der Waals surface area contributed by atoms with Gasteiger partial charge in [0.05, 0.1) is 21.3 Å². The molecule has 9 heteroatoms. The molecule has 0 saturated carbocycles. The molecule has 3 atom stereocenters. The van der Waals surface area contributed by atoms with Crippen LogP contribution in [0.3, 0.4) is 0 Å². The number of esters is 3. The summed E-state index contributed by atoms with van der Waals surface area (Å²) in [5.41, 5.74) is 8.87. The molecular weight excluding hydrogens is 594 g/mol. The van der Waals surface area contributed by atoms with Crippen LogP contribution in [0.4, 0.5) is 0 Å². The number of nitrogens with one attached hydrogen (secondary N) is 2. The zero-order valence-corrected chi connectivity index (χ0v) is 30.5. The summed E-state index contributed by atoms with van der Waals surface area (Å²) in [6.45, 7) is 12.0. The van der Waals surface area contributed by atoms with E-state index < -0.39 is 6.04 Å². The van der Waals surface area contributed by atoms with Crippen LogP contribution in [0.15, 0.2) is 91.0 Å². The van der Waals surface area contributed by atoms with Gasteiger partial charge in [0.15, 0.2) is 0 Å². The van der Waals surface area contributed by atoms with Crippen LogP contribution < -0.4 is 16.4 Å². The van der Waals surface area contributed by atoms with E-state index in [-0.39, 0.29) is 30.0 Å². The standard InChI is InChI=1S/2C11H15NO2.C10H13NO2.3C2H6/c2*1-12-10(11(13)14-2)8-9-6-4-3-5-7-9;1-13-10(12)9(11)7-8-5-3-2-4-6-8;3*1-2/h2*3-7,10,12H,8H2,1-2H3;2-6,9H,7,11H2,1H3;3*1-2H3. The van der Waals surface area contributed by atoms with Crippen molar-refractivity contribution in [2.75, 3.05) is 35.4 Å². The molecule has 0 fully saturated rings. The molecule has 3 aromatic rings. The number of benzene rings is 3. The van der Waals surface area contributed by atoms with Gasteiger partial charge in [-0.15, -0.1) is 0 Å². The van der Waals surface area contributed by atoms with Gasteiger partial charge in [-0.1, -0.05) is 133 Å². The molecule has 9 nitrogen and oxygen atoms in total. The zero-order chi connectivity index (χ0) is 36.5. The Balaban J connectivity index is -0.000000571. The van der Waals surface area contributed by atoms with Gasteiger partial charge in [-0.25, -0.2) is 0 Å². The number of carbonyl (C=O) groups is 3. The Morgan fingerprint density at radius 2 is 0.766 bits per heavy atom. The van der Waals surface area contributed by atoms with Crippen LogP contribution in [-0.2, 0) is 47.9 Å². The second-order valence-corrected chi connectivity index (χ2v) is 8.93. The lowest BCUT2D eigenvalue weighted by atomic mass is 10.1. The summed E-state index contributed by atoms with van der Waals surface area (Å²) in [6, 6.07) is 28.2. The highest BCUT2D eigenvalue weighted by molar-refractivity contribution is 5.76. The van der Waals surface area contributed by atoms with Gasteiger partial charge in [0.2, 0.25) is 0 Å². The van der Waals surface area contributed by atoms with Crippen molar-refractivity contribution >= 4 is 17.9 Å². The van der Waals surface area contributed by atoms with Gasteiger partial charge in [0.1, 0.15) is 18.1 Å². The molecule has 0 aliphatic carbocycles. The van der Waals surface area contributed by atoms with Crippen molar-refractivity contribution in [3.63, 3.8) is 0 Å². The van der Waals surface area contributed by atoms with Gasteiger partial charge in [0, 0.05) is 0 Å². The van der Waals surface area contributed by atoms with Gasteiger partial charge in [0.25, 0.3) is 0 Å². The van der Waals surface area contributed by atoms with Crippen LogP contribution in [0.1, 0.15) is 58.2 Å². The molecule has 0 amide bonds. The fourth-order valence-corrected chi connectivity index (χ4v) is 3.69. The number of ether oxygens (including phenoxy) is 3. The number of methoxy groups -OCH3 is 3. The Kier molecular flexibility index (Phi) is 33.6. The minimum absolute atomic E-state index is 0.226. The monoisotopic (exact) mass is 655 g/mol. The second kappa shape index (κ2) is 33.3. The Morgan fingerprint density at radius 1 is 0.511 bits per heavy atom. The summed E-state index contributed by atoms with van der Waals surface area (Å²) >= 11 is 0. The first-order chi connectivity index (χ1) is 22.8. The molecule has 47 heavy (non-hydrogen) atoms. The zero-order valence-electron chi connectivity index (χ0n) is 30.5. The van der Waals surface area contributed by atoms with Crippen LogP contribution in [-0.4, -0.2) is 71.5 Å². The number of hydrogen-bond acceptors (Lipinski definition) is 9. The maximum atomic E-state index is 11.3. The lowest BCUT2D eigenvalue weighted by molar-refractivity contribution is -0.143. The third-order valence-electron chi connectivity index (χ3n) is 6.04. The molecule has 0 heterocycles. The average Bonchev–Trinajstić information content (AvgIpc) is 3.16. The Bertz CT molecular complexity index is 1070. The first-order valence-corrected chi connectivity index (χ1v) is 16.2. The van der Waals surface area contributed by atoms with Crippen molar-refractivity contribution in [3.8, 4) is 0 Å². The highest BCUT2D eigenvalue weighted by Crippen LogP contribution is 2.05. The Morgan fingerprint density at radius 3 is 1.00 bits per heavy atom. The number of hydrogen-bond donors (Lipinski definition) is 3. The smallest absolute Gasteiger partial charge is 0.323 e. The molecule has 0 bridgehead atoms. The van der Waals surface area contributed by atoms with Gasteiger partial charge in [-0.05, 0) is 50.0 Å². The molecule has 0 aromatic heterocycles. The first kappa shape index (κ1) is 47.4. The molecule has 264 valence electrons. The van der Waals surface area contributed by atoms with E-state index in [2.05, 4.69) is 24.8 Å². The van der Waals surface area contributed by atoms with Crippen LogP contribution >= 0.6 is 0 Å². The summed E-state index contributed by atoms with van der Waals surface area (Å²) in [5.74, 6) is -0.823. The molecule has 3 aromatic carbocycles. The maximum Gasteiger partial charge on any atom is 0.323 e. The van der Waals surface area contributed by atoms with E-state index in [4.69, 9.17) is 5.73 Å². The lowest BCUT2D eigenvalue weighted by Crippen LogP contribution is -2.36. The Labute approximate surface area is 284 Å². The predicted octanol–water partition coefficient (Wildman–Crippen LogP) is 5.79. The number of rotatable bonds is 11. The SMILES string of the molecule is CC.CC.CC.CNC(Cc1ccccc1)C(=O)OC.CNC(Cc1ccccc1)C(=O)OC.COC(=O)C(N)Cc1ccccc1. The third-order valence-corrected chi connectivity index (χ3v) is 6.04. The fourth-order valence-electron chi connectivity index (χ4n) is 3.69. The summed E-state index contributed by atoms with van der Waals surface area (Å²) in [4.78, 5) is 33.5.